The van der Waals surface area contributed by atoms with Crippen molar-refractivity contribution in [2.24, 2.45) is 11.1 Å². The number of likely N-dealkylation sites (tertiary alicyclic amines) is 1. The van der Waals surface area contributed by atoms with Gasteiger partial charge in [-0.05, 0) is 55.0 Å². The summed E-state index contributed by atoms with van der Waals surface area (Å²) >= 11 is 0. The molecule has 2 aromatic rings. The van der Waals surface area contributed by atoms with Crippen LogP contribution in [0.5, 0.6) is 0 Å². The highest BCUT2D eigenvalue weighted by molar-refractivity contribution is 6.23. The van der Waals surface area contributed by atoms with Gasteiger partial charge in [0.15, 0.2) is 0 Å². The minimum Gasteiger partial charge on any atom is -0.392 e. The molecule has 0 spiro atoms. The number of carbonyl (C=O) groups excluding carboxylic acids is 1. The molecule has 8 heteroatoms. The minimum atomic E-state index is -0.476. The van der Waals surface area contributed by atoms with Gasteiger partial charge in [0.05, 0.1) is 11.6 Å². The average Bonchev–Trinajstić information content (AvgIpc) is 2.83. The maximum atomic E-state index is 14.2. The Bertz CT molecular complexity index is 1110. The Hall–Kier alpha value is -3.42. The van der Waals surface area contributed by atoms with Crippen molar-refractivity contribution in [1.82, 2.24) is 9.88 Å². The summed E-state index contributed by atoms with van der Waals surface area (Å²) in [5, 5.41) is 21.4. The van der Waals surface area contributed by atoms with Gasteiger partial charge in [0, 0.05) is 62.2 Å². The zero-order chi connectivity index (χ0) is 24.2. The largest absolute Gasteiger partial charge is 0.392 e. The van der Waals surface area contributed by atoms with E-state index >= 15 is 0 Å². The normalized spacial score (nSPS) is 22.6. The summed E-state index contributed by atoms with van der Waals surface area (Å²) in [6.45, 7) is 4.54. The molecule has 34 heavy (non-hydrogen) atoms. The Kier molecular flexibility index (Phi) is 7.14. The van der Waals surface area contributed by atoms with Crippen LogP contribution >= 0.6 is 0 Å². The molecule has 178 valence electrons. The Labute approximate surface area is 199 Å². The maximum absolute atomic E-state index is 14.2. The second-order valence-corrected chi connectivity index (χ2v) is 9.11. The van der Waals surface area contributed by atoms with Gasteiger partial charge in [-0.3, -0.25) is 9.78 Å². The van der Waals surface area contributed by atoms with Crippen molar-refractivity contribution < 1.29 is 14.0 Å². The van der Waals surface area contributed by atoms with Crippen molar-refractivity contribution in [2.45, 2.75) is 51.6 Å². The van der Waals surface area contributed by atoms with E-state index in [0.29, 0.717) is 55.9 Å². The standard InChI is InChI=1S/C26H30FN5O2/c1-16(28)26-24(29)12-19(13-25(26)31-34-21-7-10-32(11-8-21)17(2)33)22-6-5-20(27)14-23(22)18-4-3-9-30-15-18/h3-6,9,14-15,19,21,26,28-29H,7-8,10-13H2,1-2H3. The molecule has 2 fully saturated rings. The first-order chi connectivity index (χ1) is 16.3. The lowest BCUT2D eigenvalue weighted by Crippen LogP contribution is -2.40. The van der Waals surface area contributed by atoms with E-state index in [0.717, 1.165) is 16.7 Å². The Morgan fingerprint density at radius 2 is 1.97 bits per heavy atom. The molecule has 2 N–H and O–H groups in total. The van der Waals surface area contributed by atoms with Crippen molar-refractivity contribution in [3.8, 4) is 11.1 Å². The molecule has 2 atom stereocenters. The number of halogens is 1. The number of benzene rings is 1. The third kappa shape index (κ3) is 5.21. The number of hydrogen-bond acceptors (Lipinski definition) is 6. The lowest BCUT2D eigenvalue weighted by molar-refractivity contribution is -0.131. The van der Waals surface area contributed by atoms with Gasteiger partial charge >= 0.3 is 0 Å². The van der Waals surface area contributed by atoms with Crippen molar-refractivity contribution in [2.75, 3.05) is 13.1 Å². The number of hydrogen-bond donors (Lipinski definition) is 2. The highest BCUT2D eigenvalue weighted by Gasteiger charge is 2.35. The number of nitrogens with zero attached hydrogens (tertiary/aromatic N) is 3. The zero-order valence-corrected chi connectivity index (χ0v) is 19.6. The van der Waals surface area contributed by atoms with Crippen LogP contribution in [0.2, 0.25) is 0 Å². The number of rotatable bonds is 5. The molecule has 1 aromatic heterocycles. The molecule has 1 aliphatic carbocycles. The summed E-state index contributed by atoms with van der Waals surface area (Å²) in [6, 6.07) is 8.46. The van der Waals surface area contributed by atoms with Gasteiger partial charge in [0.2, 0.25) is 5.91 Å². The number of aromatic nitrogens is 1. The summed E-state index contributed by atoms with van der Waals surface area (Å²) in [4.78, 5) is 23.4. The first kappa shape index (κ1) is 23.7. The molecule has 1 aromatic carbocycles. The molecule has 1 saturated carbocycles. The van der Waals surface area contributed by atoms with Crippen LogP contribution < -0.4 is 0 Å². The number of amides is 1. The third-order valence-electron chi connectivity index (χ3n) is 6.67. The maximum Gasteiger partial charge on any atom is 0.219 e. The van der Waals surface area contributed by atoms with Gasteiger partial charge in [0.1, 0.15) is 11.9 Å². The molecule has 4 rings (SSSR count). The van der Waals surface area contributed by atoms with Gasteiger partial charge in [0.25, 0.3) is 0 Å². The fourth-order valence-electron chi connectivity index (χ4n) is 4.92. The van der Waals surface area contributed by atoms with Crippen LogP contribution in [0.4, 0.5) is 4.39 Å². The summed E-state index contributed by atoms with van der Waals surface area (Å²) < 4.78 is 14.2. The van der Waals surface area contributed by atoms with Gasteiger partial charge in [-0.15, -0.1) is 0 Å². The van der Waals surface area contributed by atoms with Gasteiger partial charge < -0.3 is 20.6 Å². The zero-order valence-electron chi connectivity index (χ0n) is 19.6. The molecule has 7 nitrogen and oxygen atoms in total. The highest BCUT2D eigenvalue weighted by Crippen LogP contribution is 2.38. The Morgan fingerprint density at radius 3 is 2.62 bits per heavy atom. The van der Waals surface area contributed by atoms with Crippen molar-refractivity contribution in [1.29, 1.82) is 10.8 Å². The van der Waals surface area contributed by atoms with E-state index in [2.05, 4.69) is 10.1 Å². The van der Waals surface area contributed by atoms with Crippen molar-refractivity contribution in [3.05, 3.63) is 54.1 Å². The number of oxime groups is 1. The third-order valence-corrected chi connectivity index (χ3v) is 6.67. The van der Waals surface area contributed by atoms with E-state index in [-0.39, 0.29) is 23.7 Å². The number of nitrogens with one attached hydrogen (secondary N) is 2. The number of carbonyl (C=O) groups is 1. The summed E-state index contributed by atoms with van der Waals surface area (Å²) in [5.41, 5.74) is 3.95. The van der Waals surface area contributed by atoms with E-state index < -0.39 is 5.92 Å². The topological polar surface area (TPSA) is 102 Å². The molecular weight excluding hydrogens is 433 g/mol. The molecule has 1 aliphatic heterocycles. The fraction of sp³-hybridized carbons (Fsp3) is 0.423. The van der Waals surface area contributed by atoms with Crippen LogP contribution in [-0.2, 0) is 9.63 Å². The lowest BCUT2D eigenvalue weighted by Gasteiger charge is -2.33. The number of pyridine rings is 1. The molecule has 2 heterocycles. The summed E-state index contributed by atoms with van der Waals surface area (Å²) in [5.74, 6) is -0.816. The molecule has 1 saturated heterocycles. The Morgan fingerprint density at radius 1 is 1.21 bits per heavy atom. The first-order valence-electron chi connectivity index (χ1n) is 11.6. The molecular formula is C26H30FN5O2. The van der Waals surface area contributed by atoms with Crippen LogP contribution in [0.3, 0.4) is 0 Å². The smallest absolute Gasteiger partial charge is 0.219 e. The van der Waals surface area contributed by atoms with Crippen molar-refractivity contribution in [3.63, 3.8) is 0 Å². The second-order valence-electron chi connectivity index (χ2n) is 9.11. The van der Waals surface area contributed by atoms with E-state index in [9.17, 15) is 9.18 Å². The minimum absolute atomic E-state index is 0.0662. The second kappa shape index (κ2) is 10.2. The SMILES string of the molecule is CC(=N)C1C(=N)CC(c2ccc(F)cc2-c2cccnc2)CC1=NOC1CCN(C(C)=O)CC1. The monoisotopic (exact) mass is 463 g/mol. The predicted molar refractivity (Wildman–Crippen MR) is 130 cm³/mol. The molecule has 2 unspecified atom stereocenters. The van der Waals surface area contributed by atoms with Crippen LogP contribution in [0.1, 0.15) is 51.0 Å². The molecule has 1 amide bonds. The highest BCUT2D eigenvalue weighted by atomic mass is 19.1. The van der Waals surface area contributed by atoms with Crippen LogP contribution in [0.15, 0.2) is 47.9 Å². The van der Waals surface area contributed by atoms with Gasteiger partial charge in [-0.25, -0.2) is 4.39 Å². The average molecular weight is 464 g/mol. The quantitative estimate of drug-likeness (QED) is 0.491. The number of piperidine rings is 1. The van der Waals surface area contributed by atoms with Gasteiger partial charge in [-0.1, -0.05) is 17.3 Å². The Balaban J connectivity index is 1.59. The van der Waals surface area contributed by atoms with Crippen LogP contribution in [0.25, 0.3) is 11.1 Å². The molecule has 0 bridgehead atoms. The van der Waals surface area contributed by atoms with E-state index in [1.807, 2.05) is 12.1 Å². The van der Waals surface area contributed by atoms with Crippen LogP contribution in [-0.4, -0.2) is 52.1 Å². The molecule has 0 radical (unpaired) electrons. The van der Waals surface area contributed by atoms with E-state index in [4.69, 9.17) is 15.7 Å². The predicted octanol–water partition coefficient (Wildman–Crippen LogP) is 4.82. The molecule has 2 aliphatic rings. The van der Waals surface area contributed by atoms with E-state index in [1.165, 1.54) is 12.1 Å². The fourth-order valence-corrected chi connectivity index (χ4v) is 4.92. The summed E-state index contributed by atoms with van der Waals surface area (Å²) in [7, 11) is 0. The van der Waals surface area contributed by atoms with Crippen molar-refractivity contribution >= 4 is 23.0 Å². The lowest BCUT2D eigenvalue weighted by atomic mass is 9.73. The van der Waals surface area contributed by atoms with E-state index in [1.54, 1.807) is 37.2 Å². The van der Waals surface area contributed by atoms with Gasteiger partial charge in [-0.2, -0.15) is 0 Å². The summed E-state index contributed by atoms with van der Waals surface area (Å²) in [6.07, 6.45) is 5.69. The van der Waals surface area contributed by atoms with Crippen LogP contribution in [0, 0.1) is 22.6 Å². The first-order valence-corrected chi connectivity index (χ1v) is 11.6.